The molecule has 0 saturated heterocycles. The Morgan fingerprint density at radius 3 is 1.38 bits per heavy atom. The van der Waals surface area contributed by atoms with Crippen LogP contribution in [0.15, 0.2) is 0 Å². The molecule has 0 fully saturated rings. The van der Waals surface area contributed by atoms with Gasteiger partial charge in [0.2, 0.25) is 0 Å². The molecule has 0 aliphatic carbocycles. The van der Waals surface area contributed by atoms with Gasteiger partial charge in [0.05, 0.1) is 6.61 Å². The maximum atomic E-state index is 12.2. The van der Waals surface area contributed by atoms with Gasteiger partial charge in [0.25, 0.3) is 0 Å². The minimum absolute atomic E-state index is 0.218. The number of hydrogen-bond acceptors (Lipinski definition) is 6. The highest BCUT2D eigenvalue weighted by molar-refractivity contribution is 7.46. The van der Waals surface area contributed by atoms with Crippen molar-refractivity contribution in [2.24, 2.45) is 0 Å². The van der Waals surface area contributed by atoms with Crippen LogP contribution < -0.4 is 0 Å². The summed E-state index contributed by atoms with van der Waals surface area (Å²) < 4.78 is 26.0. The summed E-state index contributed by atoms with van der Waals surface area (Å²) in [5.74, 6) is -0.886. The summed E-state index contributed by atoms with van der Waals surface area (Å²) in [6, 6.07) is 0. The second-order valence-corrected chi connectivity index (χ2v) is 11.3. The number of hydrogen-bond donors (Lipinski definition) is 2. The van der Waals surface area contributed by atoms with Crippen LogP contribution in [0, 0.1) is 0 Å². The van der Waals surface area contributed by atoms with Crippen LogP contribution in [-0.2, 0) is 28.2 Å². The zero-order valence-electron chi connectivity index (χ0n) is 23.6. The van der Waals surface area contributed by atoms with E-state index in [4.69, 9.17) is 19.3 Å². The Morgan fingerprint density at radius 1 is 0.595 bits per heavy atom. The smallest absolute Gasteiger partial charge is 0.462 e. The van der Waals surface area contributed by atoms with E-state index >= 15 is 0 Å². The summed E-state index contributed by atoms with van der Waals surface area (Å²) in [4.78, 5) is 42.2. The Labute approximate surface area is 225 Å². The highest BCUT2D eigenvalue weighted by Crippen LogP contribution is 2.35. The zero-order chi connectivity index (χ0) is 27.6. The fraction of sp³-hybridized carbons (Fsp3) is 0.929. The van der Waals surface area contributed by atoms with Crippen molar-refractivity contribution in [2.45, 2.75) is 155 Å². The fourth-order valence-electron chi connectivity index (χ4n) is 4.14. The average molecular weight is 551 g/mol. The number of ether oxygens (including phenoxy) is 2. The number of rotatable bonds is 27. The van der Waals surface area contributed by atoms with Gasteiger partial charge in [-0.1, -0.05) is 123 Å². The van der Waals surface area contributed by atoms with Crippen LogP contribution in [0.2, 0.25) is 0 Å². The molecule has 0 aliphatic rings. The quantitative estimate of drug-likeness (QED) is 0.0604. The predicted octanol–water partition coefficient (Wildman–Crippen LogP) is 7.78. The first kappa shape index (κ1) is 36.0. The molecule has 0 heterocycles. The summed E-state index contributed by atoms with van der Waals surface area (Å²) in [6.45, 7) is 3.61. The second-order valence-electron chi connectivity index (χ2n) is 10.1. The second kappa shape index (κ2) is 25.3. The summed E-state index contributed by atoms with van der Waals surface area (Å²) >= 11 is 0. The Hall–Kier alpha value is -0.950. The molecule has 0 aromatic carbocycles. The van der Waals surface area contributed by atoms with E-state index in [2.05, 4.69) is 18.4 Å². The number of esters is 2. The third kappa shape index (κ3) is 27.9. The number of unbranched alkanes of at least 4 members (excludes halogenated alkanes) is 17. The summed E-state index contributed by atoms with van der Waals surface area (Å²) in [6.07, 6.45) is 21.3. The molecule has 1 atom stereocenters. The van der Waals surface area contributed by atoms with Crippen molar-refractivity contribution in [1.82, 2.24) is 0 Å². The third-order valence-corrected chi connectivity index (χ3v) is 6.86. The van der Waals surface area contributed by atoms with Crippen molar-refractivity contribution in [1.29, 1.82) is 0 Å². The molecule has 0 rings (SSSR count). The highest BCUT2D eigenvalue weighted by atomic mass is 31.2. The number of phosphoric acid groups is 1. The van der Waals surface area contributed by atoms with E-state index in [1.165, 1.54) is 77.0 Å². The van der Waals surface area contributed by atoms with Crippen molar-refractivity contribution in [2.75, 3.05) is 13.2 Å². The highest BCUT2D eigenvalue weighted by Gasteiger charge is 2.22. The maximum Gasteiger partial charge on any atom is 0.469 e. The molecule has 0 saturated carbocycles. The van der Waals surface area contributed by atoms with Crippen LogP contribution in [0.5, 0.6) is 0 Å². The maximum absolute atomic E-state index is 12.2. The molecule has 0 aromatic rings. The third-order valence-electron chi connectivity index (χ3n) is 6.38. The molecule has 2 N–H and O–H groups in total. The van der Waals surface area contributed by atoms with Gasteiger partial charge in [-0.3, -0.25) is 14.1 Å². The largest absolute Gasteiger partial charge is 0.469 e. The monoisotopic (exact) mass is 550 g/mol. The van der Waals surface area contributed by atoms with E-state index in [1.807, 2.05) is 0 Å². The molecule has 0 aromatic heterocycles. The fourth-order valence-corrected chi connectivity index (χ4v) is 4.50. The van der Waals surface area contributed by atoms with Gasteiger partial charge in [-0.2, -0.15) is 0 Å². The van der Waals surface area contributed by atoms with Crippen molar-refractivity contribution >= 4 is 19.8 Å². The standard InChI is InChI=1S/C28H55O8P/c1-3-5-7-9-11-13-14-15-17-19-21-23-28(30)36-26(25-35-37(31,32)33)24-34-27(29)22-20-18-16-12-10-8-6-4-2/h26H,3-25H2,1-2H3,(H2,31,32,33)/t26-/m1/s1. The molecule has 0 unspecified atom stereocenters. The lowest BCUT2D eigenvalue weighted by molar-refractivity contribution is -0.161. The van der Waals surface area contributed by atoms with Gasteiger partial charge in [-0.05, 0) is 12.8 Å². The van der Waals surface area contributed by atoms with E-state index in [1.54, 1.807) is 0 Å². The van der Waals surface area contributed by atoms with Crippen LogP contribution in [0.4, 0.5) is 0 Å². The van der Waals surface area contributed by atoms with E-state index in [0.717, 1.165) is 38.5 Å². The topological polar surface area (TPSA) is 119 Å². The zero-order valence-corrected chi connectivity index (χ0v) is 24.5. The molecule has 0 radical (unpaired) electrons. The van der Waals surface area contributed by atoms with E-state index in [9.17, 15) is 14.2 Å². The van der Waals surface area contributed by atoms with Gasteiger partial charge in [-0.25, -0.2) is 4.57 Å². The summed E-state index contributed by atoms with van der Waals surface area (Å²) in [5.41, 5.74) is 0. The van der Waals surface area contributed by atoms with Gasteiger partial charge in [-0.15, -0.1) is 0 Å². The summed E-state index contributed by atoms with van der Waals surface area (Å²) in [7, 11) is -4.73. The van der Waals surface area contributed by atoms with E-state index < -0.39 is 32.5 Å². The van der Waals surface area contributed by atoms with Crippen LogP contribution in [0.25, 0.3) is 0 Å². The molecule has 220 valence electrons. The van der Waals surface area contributed by atoms with E-state index in [0.29, 0.717) is 6.42 Å². The Morgan fingerprint density at radius 2 is 0.973 bits per heavy atom. The van der Waals surface area contributed by atoms with Crippen molar-refractivity contribution in [3.05, 3.63) is 0 Å². The molecular weight excluding hydrogens is 495 g/mol. The minimum atomic E-state index is -4.73. The first-order chi connectivity index (χ1) is 17.8. The molecule has 0 amide bonds. The molecular formula is C28H55O8P. The Balaban J connectivity index is 4.06. The van der Waals surface area contributed by atoms with Gasteiger partial charge < -0.3 is 19.3 Å². The predicted molar refractivity (Wildman–Crippen MR) is 147 cm³/mol. The normalized spacial score (nSPS) is 12.4. The lowest BCUT2D eigenvalue weighted by Gasteiger charge is -2.18. The Kier molecular flexibility index (Phi) is 24.7. The molecule has 0 bridgehead atoms. The van der Waals surface area contributed by atoms with Gasteiger partial charge in [0.1, 0.15) is 6.61 Å². The summed E-state index contributed by atoms with van der Waals surface area (Å²) in [5, 5.41) is 0. The number of phosphoric ester groups is 1. The number of carbonyl (C=O) groups excluding carboxylic acids is 2. The van der Waals surface area contributed by atoms with Crippen LogP contribution in [0.1, 0.15) is 149 Å². The molecule has 0 aliphatic heterocycles. The van der Waals surface area contributed by atoms with Crippen molar-refractivity contribution < 1.29 is 37.9 Å². The van der Waals surface area contributed by atoms with Gasteiger partial charge in [0, 0.05) is 12.8 Å². The molecule has 9 heteroatoms. The van der Waals surface area contributed by atoms with Crippen LogP contribution in [0.3, 0.4) is 0 Å². The lowest BCUT2D eigenvalue weighted by atomic mass is 10.1. The van der Waals surface area contributed by atoms with Crippen molar-refractivity contribution in [3.8, 4) is 0 Å². The first-order valence-electron chi connectivity index (χ1n) is 14.8. The van der Waals surface area contributed by atoms with Crippen molar-refractivity contribution in [3.63, 3.8) is 0 Å². The van der Waals surface area contributed by atoms with Gasteiger partial charge in [0.15, 0.2) is 6.10 Å². The molecule has 0 spiro atoms. The Bertz CT molecular complexity index is 593. The van der Waals surface area contributed by atoms with Crippen LogP contribution in [-0.4, -0.2) is 41.0 Å². The molecule has 8 nitrogen and oxygen atoms in total. The van der Waals surface area contributed by atoms with Crippen LogP contribution >= 0.6 is 7.82 Å². The van der Waals surface area contributed by atoms with E-state index in [-0.39, 0.29) is 19.4 Å². The number of carbonyl (C=O) groups is 2. The SMILES string of the molecule is CCCCCCCCCCCCCC(=O)O[C@H](COC(=O)CCCCCCCCCC)COP(=O)(O)O. The van der Waals surface area contributed by atoms with Gasteiger partial charge >= 0.3 is 19.8 Å². The minimum Gasteiger partial charge on any atom is -0.462 e. The molecule has 37 heavy (non-hydrogen) atoms. The lowest BCUT2D eigenvalue weighted by Crippen LogP contribution is -2.29. The first-order valence-corrected chi connectivity index (χ1v) is 16.4. The average Bonchev–Trinajstić information content (AvgIpc) is 2.85.